The summed E-state index contributed by atoms with van der Waals surface area (Å²) in [6.07, 6.45) is 0. The highest BCUT2D eigenvalue weighted by Crippen LogP contribution is 2.28. The number of carboxylic acid groups (broad SMARTS) is 1. The predicted octanol–water partition coefficient (Wildman–Crippen LogP) is 1.38. The number of nitrogens with one attached hydrogen (secondary N) is 1. The summed E-state index contributed by atoms with van der Waals surface area (Å²) in [5, 5.41) is 12.0. The van der Waals surface area contributed by atoms with Crippen LogP contribution in [0, 0.1) is 5.92 Å². The summed E-state index contributed by atoms with van der Waals surface area (Å²) in [6.45, 7) is 1.70. The normalized spacial score (nSPS) is 24.2. The first-order valence-electron chi connectivity index (χ1n) is 4.74. The topological polar surface area (TPSA) is 66.4 Å². The molecule has 0 amide bonds. The van der Waals surface area contributed by atoms with E-state index < -0.39 is 11.9 Å². The fourth-order valence-electron chi connectivity index (χ4n) is 1.87. The van der Waals surface area contributed by atoms with Gasteiger partial charge in [-0.2, -0.15) is 0 Å². The molecule has 1 aliphatic heterocycles. The molecule has 1 heterocycles. The van der Waals surface area contributed by atoms with Crippen molar-refractivity contribution in [1.29, 1.82) is 0 Å². The molecule has 2 rings (SSSR count). The van der Waals surface area contributed by atoms with Crippen LogP contribution in [0.4, 0.5) is 5.69 Å². The Hall–Kier alpha value is -1.84. The van der Waals surface area contributed by atoms with E-state index in [2.05, 4.69) is 5.32 Å². The van der Waals surface area contributed by atoms with Gasteiger partial charge in [0.2, 0.25) is 0 Å². The average Bonchev–Trinajstić information content (AvgIpc) is 2.17. The second-order valence-corrected chi connectivity index (χ2v) is 3.66. The molecule has 0 saturated heterocycles. The molecule has 1 aromatic rings. The van der Waals surface area contributed by atoms with Gasteiger partial charge in [-0.3, -0.25) is 9.59 Å². The minimum atomic E-state index is -1.07. The maximum absolute atomic E-state index is 11.8. The lowest BCUT2D eigenvalue weighted by molar-refractivity contribution is -0.140. The average molecular weight is 205 g/mol. The summed E-state index contributed by atoms with van der Waals surface area (Å²) in [4.78, 5) is 22.8. The van der Waals surface area contributed by atoms with E-state index in [0.717, 1.165) is 0 Å². The molecular formula is C11H11NO3. The molecule has 2 N–H and O–H groups in total. The molecule has 4 nitrogen and oxygen atoms in total. The van der Waals surface area contributed by atoms with E-state index in [1.165, 1.54) is 0 Å². The first-order chi connectivity index (χ1) is 7.11. The zero-order valence-electron chi connectivity index (χ0n) is 8.23. The number of aliphatic carboxylic acids is 1. The molecular weight excluding hydrogens is 194 g/mol. The third-order valence-electron chi connectivity index (χ3n) is 2.62. The molecule has 2 unspecified atom stereocenters. The minimum absolute atomic E-state index is 0.315. The number of hydrogen-bond acceptors (Lipinski definition) is 3. The van der Waals surface area contributed by atoms with Crippen LogP contribution in [-0.4, -0.2) is 22.9 Å². The summed E-state index contributed by atoms with van der Waals surface area (Å²) < 4.78 is 0. The van der Waals surface area contributed by atoms with Crippen LogP contribution < -0.4 is 5.32 Å². The number of Topliss-reactive ketones (excluding diaryl/α,β-unsaturated/α-hetero) is 1. The van der Waals surface area contributed by atoms with E-state index in [4.69, 9.17) is 5.11 Å². The van der Waals surface area contributed by atoms with Crippen molar-refractivity contribution in [3.05, 3.63) is 29.8 Å². The van der Waals surface area contributed by atoms with Crippen LogP contribution in [0.25, 0.3) is 0 Å². The summed E-state index contributed by atoms with van der Waals surface area (Å²) in [6, 6.07) is 6.60. The van der Waals surface area contributed by atoms with E-state index in [-0.39, 0.29) is 11.8 Å². The van der Waals surface area contributed by atoms with Crippen molar-refractivity contribution in [2.24, 2.45) is 5.92 Å². The van der Waals surface area contributed by atoms with Gasteiger partial charge in [-0.1, -0.05) is 12.1 Å². The van der Waals surface area contributed by atoms with Crippen LogP contribution in [-0.2, 0) is 4.79 Å². The first kappa shape index (κ1) is 9.71. The van der Waals surface area contributed by atoms with Crippen molar-refractivity contribution in [3.8, 4) is 0 Å². The molecule has 0 aliphatic carbocycles. The van der Waals surface area contributed by atoms with E-state index in [1.807, 2.05) is 6.07 Å². The molecule has 0 bridgehead atoms. The lowest BCUT2D eigenvalue weighted by Crippen LogP contribution is -2.42. The first-order valence-corrected chi connectivity index (χ1v) is 4.74. The Morgan fingerprint density at radius 1 is 1.40 bits per heavy atom. The SMILES string of the molecule is CC1Nc2ccccc2C(=O)C1C(=O)O. The molecule has 2 atom stereocenters. The summed E-state index contributed by atoms with van der Waals surface area (Å²) in [7, 11) is 0. The Morgan fingerprint density at radius 2 is 2.07 bits per heavy atom. The van der Waals surface area contributed by atoms with Gasteiger partial charge in [0.25, 0.3) is 0 Å². The Balaban J connectivity index is 2.47. The summed E-state index contributed by atoms with van der Waals surface area (Å²) in [5.74, 6) is -2.38. The van der Waals surface area contributed by atoms with Crippen molar-refractivity contribution in [2.75, 3.05) is 5.32 Å². The van der Waals surface area contributed by atoms with E-state index in [9.17, 15) is 9.59 Å². The zero-order chi connectivity index (χ0) is 11.0. The smallest absolute Gasteiger partial charge is 0.316 e. The van der Waals surface area contributed by atoms with Crippen LogP contribution in [0.1, 0.15) is 17.3 Å². The molecule has 0 saturated carbocycles. The zero-order valence-corrected chi connectivity index (χ0v) is 8.23. The van der Waals surface area contributed by atoms with Crippen molar-refractivity contribution in [1.82, 2.24) is 0 Å². The van der Waals surface area contributed by atoms with Gasteiger partial charge in [-0.05, 0) is 19.1 Å². The lowest BCUT2D eigenvalue weighted by Gasteiger charge is -2.28. The van der Waals surface area contributed by atoms with Crippen molar-refractivity contribution < 1.29 is 14.7 Å². The molecule has 1 aromatic carbocycles. The number of para-hydroxylation sites is 1. The standard InChI is InChI=1S/C11H11NO3/c1-6-9(11(14)15)10(13)7-4-2-3-5-8(7)12-6/h2-6,9,12H,1H3,(H,14,15). The molecule has 0 spiro atoms. The molecule has 4 heteroatoms. The second-order valence-electron chi connectivity index (χ2n) is 3.66. The minimum Gasteiger partial charge on any atom is -0.481 e. The number of hydrogen-bond donors (Lipinski definition) is 2. The number of carbonyl (C=O) groups excluding carboxylic acids is 1. The van der Waals surface area contributed by atoms with Crippen LogP contribution in [0.2, 0.25) is 0 Å². The van der Waals surface area contributed by atoms with E-state index in [1.54, 1.807) is 25.1 Å². The number of benzene rings is 1. The highest BCUT2D eigenvalue weighted by Gasteiger charge is 2.37. The summed E-state index contributed by atoms with van der Waals surface area (Å²) in [5.41, 5.74) is 1.18. The highest BCUT2D eigenvalue weighted by molar-refractivity contribution is 6.13. The molecule has 0 radical (unpaired) electrons. The number of fused-ring (bicyclic) bond motifs is 1. The number of anilines is 1. The largest absolute Gasteiger partial charge is 0.481 e. The van der Waals surface area contributed by atoms with Gasteiger partial charge >= 0.3 is 5.97 Å². The van der Waals surface area contributed by atoms with E-state index >= 15 is 0 Å². The summed E-state index contributed by atoms with van der Waals surface area (Å²) >= 11 is 0. The number of carboxylic acids is 1. The van der Waals surface area contributed by atoms with Gasteiger partial charge in [0.15, 0.2) is 5.78 Å². The van der Waals surface area contributed by atoms with Crippen molar-refractivity contribution in [3.63, 3.8) is 0 Å². The number of rotatable bonds is 1. The van der Waals surface area contributed by atoms with Crippen LogP contribution >= 0.6 is 0 Å². The Kier molecular flexibility index (Phi) is 2.19. The third-order valence-corrected chi connectivity index (χ3v) is 2.62. The van der Waals surface area contributed by atoms with Gasteiger partial charge in [-0.25, -0.2) is 0 Å². The maximum Gasteiger partial charge on any atom is 0.316 e. The molecule has 0 fully saturated rings. The molecule has 15 heavy (non-hydrogen) atoms. The van der Waals surface area contributed by atoms with Crippen LogP contribution in [0.3, 0.4) is 0 Å². The fraction of sp³-hybridized carbons (Fsp3) is 0.273. The van der Waals surface area contributed by atoms with Gasteiger partial charge in [0.1, 0.15) is 5.92 Å². The van der Waals surface area contributed by atoms with Gasteiger partial charge in [-0.15, -0.1) is 0 Å². The molecule has 1 aliphatic rings. The van der Waals surface area contributed by atoms with Gasteiger partial charge in [0.05, 0.1) is 0 Å². The van der Waals surface area contributed by atoms with Crippen molar-refractivity contribution >= 4 is 17.4 Å². The number of carbonyl (C=O) groups is 2. The molecule has 78 valence electrons. The quantitative estimate of drug-likeness (QED) is 0.680. The number of ketones is 1. The van der Waals surface area contributed by atoms with Crippen molar-refractivity contribution in [2.45, 2.75) is 13.0 Å². The van der Waals surface area contributed by atoms with Crippen LogP contribution in [0.5, 0.6) is 0 Å². The van der Waals surface area contributed by atoms with Gasteiger partial charge in [0, 0.05) is 17.3 Å². The highest BCUT2D eigenvalue weighted by atomic mass is 16.4. The second kappa shape index (κ2) is 3.38. The molecule has 0 aromatic heterocycles. The lowest BCUT2D eigenvalue weighted by atomic mass is 9.87. The Bertz CT molecular complexity index is 428. The Morgan fingerprint density at radius 3 is 2.73 bits per heavy atom. The fourth-order valence-corrected chi connectivity index (χ4v) is 1.87. The van der Waals surface area contributed by atoms with E-state index in [0.29, 0.717) is 11.3 Å². The Labute approximate surface area is 86.9 Å². The third kappa shape index (κ3) is 1.48. The monoisotopic (exact) mass is 205 g/mol. The maximum atomic E-state index is 11.8. The van der Waals surface area contributed by atoms with Gasteiger partial charge < -0.3 is 10.4 Å². The van der Waals surface area contributed by atoms with Crippen LogP contribution in [0.15, 0.2) is 24.3 Å². The predicted molar refractivity (Wildman–Crippen MR) is 55.0 cm³/mol.